The van der Waals surface area contributed by atoms with Gasteiger partial charge in [-0.25, -0.2) is 9.18 Å². The summed E-state index contributed by atoms with van der Waals surface area (Å²) in [6.45, 7) is 0.331. The number of carbonyl (C=O) groups is 2. The molecule has 1 atom stereocenters. The number of piperidine rings is 1. The van der Waals surface area contributed by atoms with Crippen molar-refractivity contribution in [2.75, 3.05) is 6.54 Å². The molecule has 1 fully saturated rings. The van der Waals surface area contributed by atoms with Crippen LogP contribution in [0.5, 0.6) is 0 Å². The molecule has 0 aliphatic carbocycles. The van der Waals surface area contributed by atoms with E-state index >= 15 is 0 Å². The molecule has 1 heterocycles. The van der Waals surface area contributed by atoms with Crippen LogP contribution in [0.1, 0.15) is 29.6 Å². The van der Waals surface area contributed by atoms with Gasteiger partial charge in [0.25, 0.3) is 5.91 Å². The molecule has 1 N–H and O–H groups in total. The largest absolute Gasteiger partial charge is 0.480 e. The van der Waals surface area contributed by atoms with E-state index in [2.05, 4.69) is 0 Å². The van der Waals surface area contributed by atoms with Gasteiger partial charge >= 0.3 is 5.97 Å². The molecule has 4 nitrogen and oxygen atoms in total. The molecule has 1 saturated heterocycles. The van der Waals surface area contributed by atoms with Gasteiger partial charge in [0.1, 0.15) is 11.9 Å². The number of amides is 1. The van der Waals surface area contributed by atoms with Crippen LogP contribution in [0, 0.1) is 5.82 Å². The predicted molar refractivity (Wildman–Crippen MR) is 67.7 cm³/mol. The number of carboxylic acids is 1. The van der Waals surface area contributed by atoms with Crippen molar-refractivity contribution in [1.29, 1.82) is 0 Å². The highest BCUT2D eigenvalue weighted by Crippen LogP contribution is 2.22. The summed E-state index contributed by atoms with van der Waals surface area (Å²) in [5.74, 6) is -2.38. The van der Waals surface area contributed by atoms with Gasteiger partial charge in [0.05, 0.1) is 5.56 Å². The van der Waals surface area contributed by atoms with E-state index < -0.39 is 23.7 Å². The Morgan fingerprint density at radius 3 is 2.74 bits per heavy atom. The smallest absolute Gasteiger partial charge is 0.326 e. The summed E-state index contributed by atoms with van der Waals surface area (Å²) in [5, 5.41) is 9.31. The van der Waals surface area contributed by atoms with Gasteiger partial charge in [0.15, 0.2) is 0 Å². The summed E-state index contributed by atoms with van der Waals surface area (Å²) in [6.07, 6.45) is 1.88. The van der Waals surface area contributed by atoms with Crippen molar-refractivity contribution in [2.24, 2.45) is 0 Å². The van der Waals surface area contributed by atoms with Gasteiger partial charge in [-0.2, -0.15) is 0 Å². The Hall–Kier alpha value is -1.62. The molecule has 0 saturated carbocycles. The number of halogens is 2. The summed E-state index contributed by atoms with van der Waals surface area (Å²) in [5.41, 5.74) is -0.141. The van der Waals surface area contributed by atoms with Gasteiger partial charge < -0.3 is 10.0 Å². The Labute approximate surface area is 114 Å². The van der Waals surface area contributed by atoms with E-state index in [1.54, 1.807) is 0 Å². The van der Waals surface area contributed by atoms with Crippen LogP contribution < -0.4 is 0 Å². The minimum atomic E-state index is -1.05. The van der Waals surface area contributed by atoms with Crippen LogP contribution in [-0.2, 0) is 4.79 Å². The number of likely N-dealkylation sites (tertiary alicyclic amines) is 1. The van der Waals surface area contributed by atoms with Crippen LogP contribution in [0.2, 0.25) is 5.02 Å². The number of hydrogen-bond donors (Lipinski definition) is 1. The fourth-order valence-electron chi connectivity index (χ4n) is 2.25. The molecule has 2 rings (SSSR count). The predicted octanol–water partition coefficient (Wildman–Crippen LogP) is 2.56. The highest BCUT2D eigenvalue weighted by molar-refractivity contribution is 6.30. The van der Waals surface area contributed by atoms with Crippen LogP contribution in [-0.4, -0.2) is 34.5 Å². The monoisotopic (exact) mass is 285 g/mol. The third kappa shape index (κ3) is 2.87. The summed E-state index contributed by atoms with van der Waals surface area (Å²) in [6, 6.07) is 2.87. The maximum Gasteiger partial charge on any atom is 0.326 e. The van der Waals surface area contributed by atoms with E-state index in [1.165, 1.54) is 17.0 Å². The SMILES string of the molecule is O=C(O)[C@H]1CCCCN1C(=O)c1ccc(Cl)cc1F. The van der Waals surface area contributed by atoms with E-state index in [4.69, 9.17) is 16.7 Å². The van der Waals surface area contributed by atoms with Crippen LogP contribution >= 0.6 is 11.6 Å². The van der Waals surface area contributed by atoms with Crippen molar-refractivity contribution < 1.29 is 19.1 Å². The standard InChI is InChI=1S/C13H13ClFNO3/c14-8-4-5-9(10(15)7-8)12(17)16-6-2-1-3-11(16)13(18)19/h4-5,7,11H,1-3,6H2,(H,18,19)/t11-/m1/s1. The van der Waals surface area contributed by atoms with Gasteiger partial charge in [-0.1, -0.05) is 11.6 Å². The Bertz CT molecular complexity index is 521. The maximum absolute atomic E-state index is 13.7. The highest BCUT2D eigenvalue weighted by atomic mass is 35.5. The molecule has 0 spiro atoms. The number of carbonyl (C=O) groups excluding carboxylic acids is 1. The molecule has 1 aromatic rings. The average molecular weight is 286 g/mol. The Morgan fingerprint density at radius 2 is 2.11 bits per heavy atom. The molecule has 0 aromatic heterocycles. The lowest BCUT2D eigenvalue weighted by atomic mass is 10.0. The lowest BCUT2D eigenvalue weighted by Gasteiger charge is -2.33. The third-order valence-electron chi connectivity index (χ3n) is 3.21. The fourth-order valence-corrected chi connectivity index (χ4v) is 2.41. The minimum Gasteiger partial charge on any atom is -0.480 e. The van der Waals surface area contributed by atoms with Crippen molar-refractivity contribution in [1.82, 2.24) is 4.90 Å². The summed E-state index contributed by atoms with van der Waals surface area (Å²) in [4.78, 5) is 24.6. The van der Waals surface area contributed by atoms with Crippen LogP contribution in [0.15, 0.2) is 18.2 Å². The molecule has 1 aromatic carbocycles. The molecule has 1 aliphatic heterocycles. The number of aliphatic carboxylic acids is 1. The van der Waals surface area contributed by atoms with E-state index in [-0.39, 0.29) is 10.6 Å². The van der Waals surface area contributed by atoms with Crippen molar-refractivity contribution in [3.8, 4) is 0 Å². The summed E-state index contributed by atoms with van der Waals surface area (Å²) in [7, 11) is 0. The molecule has 0 unspecified atom stereocenters. The number of benzene rings is 1. The third-order valence-corrected chi connectivity index (χ3v) is 3.45. The zero-order chi connectivity index (χ0) is 14.0. The van der Waals surface area contributed by atoms with Crippen molar-refractivity contribution in [3.63, 3.8) is 0 Å². The first kappa shape index (κ1) is 13.8. The number of rotatable bonds is 2. The van der Waals surface area contributed by atoms with E-state index in [1.807, 2.05) is 0 Å². The fraction of sp³-hybridized carbons (Fsp3) is 0.385. The molecule has 1 aliphatic rings. The molecule has 1 amide bonds. The first-order chi connectivity index (χ1) is 9.00. The second kappa shape index (κ2) is 5.57. The van der Waals surface area contributed by atoms with Gasteiger partial charge in [0.2, 0.25) is 0 Å². The van der Waals surface area contributed by atoms with E-state index in [9.17, 15) is 14.0 Å². The Kier molecular flexibility index (Phi) is 4.04. The number of carboxylic acid groups (broad SMARTS) is 1. The van der Waals surface area contributed by atoms with Crippen LogP contribution in [0.25, 0.3) is 0 Å². The first-order valence-electron chi connectivity index (χ1n) is 5.99. The van der Waals surface area contributed by atoms with Gasteiger partial charge in [0, 0.05) is 11.6 Å². The number of hydrogen-bond acceptors (Lipinski definition) is 2. The molecule has 102 valence electrons. The van der Waals surface area contributed by atoms with Crippen LogP contribution in [0.4, 0.5) is 4.39 Å². The molecule has 19 heavy (non-hydrogen) atoms. The van der Waals surface area contributed by atoms with Crippen molar-refractivity contribution in [3.05, 3.63) is 34.6 Å². The lowest BCUT2D eigenvalue weighted by molar-refractivity contribution is -0.143. The zero-order valence-corrected chi connectivity index (χ0v) is 10.9. The zero-order valence-electron chi connectivity index (χ0n) is 10.1. The summed E-state index contributed by atoms with van der Waals surface area (Å²) < 4.78 is 13.7. The molecular weight excluding hydrogens is 273 g/mol. The molecule has 0 bridgehead atoms. The molecule has 6 heteroatoms. The first-order valence-corrected chi connectivity index (χ1v) is 6.37. The normalized spacial score (nSPS) is 19.3. The van der Waals surface area contributed by atoms with Gasteiger partial charge in [-0.15, -0.1) is 0 Å². The average Bonchev–Trinajstić information content (AvgIpc) is 2.38. The van der Waals surface area contributed by atoms with Gasteiger partial charge in [-0.3, -0.25) is 4.79 Å². The van der Waals surface area contributed by atoms with Crippen molar-refractivity contribution in [2.45, 2.75) is 25.3 Å². The second-order valence-corrected chi connectivity index (χ2v) is 4.91. The second-order valence-electron chi connectivity index (χ2n) is 4.47. The topological polar surface area (TPSA) is 57.6 Å². The Morgan fingerprint density at radius 1 is 1.37 bits per heavy atom. The molecule has 0 radical (unpaired) electrons. The Balaban J connectivity index is 2.28. The quantitative estimate of drug-likeness (QED) is 0.908. The number of nitrogens with zero attached hydrogens (tertiary/aromatic N) is 1. The van der Waals surface area contributed by atoms with Crippen molar-refractivity contribution >= 4 is 23.5 Å². The molecular formula is C13H13ClFNO3. The minimum absolute atomic E-state index is 0.141. The highest BCUT2D eigenvalue weighted by Gasteiger charge is 2.33. The van der Waals surface area contributed by atoms with Crippen LogP contribution in [0.3, 0.4) is 0 Å². The summed E-state index contributed by atoms with van der Waals surface area (Å²) >= 11 is 5.63. The van der Waals surface area contributed by atoms with E-state index in [0.29, 0.717) is 13.0 Å². The van der Waals surface area contributed by atoms with Gasteiger partial charge in [-0.05, 0) is 37.5 Å². The maximum atomic E-state index is 13.7. The lowest BCUT2D eigenvalue weighted by Crippen LogP contribution is -2.48. The van der Waals surface area contributed by atoms with E-state index in [0.717, 1.165) is 18.9 Å².